The van der Waals surface area contributed by atoms with E-state index in [4.69, 9.17) is 4.74 Å². The van der Waals surface area contributed by atoms with Gasteiger partial charge in [0.25, 0.3) is 5.91 Å². The largest absolute Gasteiger partial charge is 0.497 e. The van der Waals surface area contributed by atoms with Crippen molar-refractivity contribution in [1.29, 1.82) is 0 Å². The molecular formula is C22H35N3O2+2. The molecule has 148 valence electrons. The fourth-order valence-corrected chi connectivity index (χ4v) is 4.13. The maximum Gasteiger partial charge on any atom is 0.275 e. The van der Waals surface area contributed by atoms with Crippen molar-refractivity contribution in [2.24, 2.45) is 0 Å². The number of carbonyl (C=O) groups is 1. The molecule has 1 amide bonds. The molecule has 0 saturated carbocycles. The zero-order chi connectivity index (χ0) is 18.9. The molecule has 3 N–H and O–H groups in total. The van der Waals surface area contributed by atoms with Crippen LogP contribution < -0.4 is 19.9 Å². The number of hydrogen-bond donors (Lipinski definition) is 3. The molecular weight excluding hydrogens is 338 g/mol. The number of ether oxygens (including phenoxy) is 1. The highest BCUT2D eigenvalue weighted by Gasteiger charge is 2.24. The maximum absolute atomic E-state index is 12.2. The summed E-state index contributed by atoms with van der Waals surface area (Å²) < 4.78 is 5.22. The lowest BCUT2D eigenvalue weighted by Gasteiger charge is -2.29. The second-order valence-electron chi connectivity index (χ2n) is 7.91. The Kier molecular flexibility index (Phi) is 7.72. The van der Waals surface area contributed by atoms with Gasteiger partial charge in [0, 0.05) is 12.1 Å². The van der Waals surface area contributed by atoms with Crippen LogP contribution in [-0.2, 0) is 11.3 Å². The topological polar surface area (TPSA) is 47.2 Å². The second-order valence-corrected chi connectivity index (χ2v) is 7.91. The minimum Gasteiger partial charge on any atom is -0.497 e. The number of carbonyl (C=O) groups excluding carboxylic acids is 1. The van der Waals surface area contributed by atoms with Gasteiger partial charge in [-0.2, -0.15) is 0 Å². The average molecular weight is 374 g/mol. The van der Waals surface area contributed by atoms with Gasteiger partial charge in [-0.05, 0) is 56.4 Å². The van der Waals surface area contributed by atoms with Crippen molar-refractivity contribution in [2.75, 3.05) is 46.4 Å². The lowest BCUT2D eigenvalue weighted by Crippen LogP contribution is -3.28. The number of piperazine rings is 1. The first-order valence-electron chi connectivity index (χ1n) is 10.5. The van der Waals surface area contributed by atoms with Crippen LogP contribution in [-0.4, -0.2) is 52.3 Å². The van der Waals surface area contributed by atoms with Crippen molar-refractivity contribution in [3.05, 3.63) is 41.5 Å². The Morgan fingerprint density at radius 2 is 1.81 bits per heavy atom. The smallest absolute Gasteiger partial charge is 0.275 e. The molecule has 1 heterocycles. The predicted molar refractivity (Wildman–Crippen MR) is 107 cm³/mol. The molecule has 0 radical (unpaired) electrons. The third kappa shape index (κ3) is 6.67. The quantitative estimate of drug-likeness (QED) is 0.561. The third-order valence-electron chi connectivity index (χ3n) is 5.84. The fourth-order valence-electron chi connectivity index (χ4n) is 4.13. The van der Waals surface area contributed by atoms with Crippen LogP contribution in [0.1, 0.15) is 37.7 Å². The summed E-state index contributed by atoms with van der Waals surface area (Å²) >= 11 is 0. The van der Waals surface area contributed by atoms with E-state index in [9.17, 15) is 4.79 Å². The highest BCUT2D eigenvalue weighted by molar-refractivity contribution is 5.76. The van der Waals surface area contributed by atoms with E-state index in [0.29, 0.717) is 6.54 Å². The molecule has 2 aliphatic rings. The zero-order valence-corrected chi connectivity index (χ0v) is 16.7. The summed E-state index contributed by atoms with van der Waals surface area (Å²) in [4.78, 5) is 15.2. The Labute approximate surface area is 163 Å². The molecule has 5 heteroatoms. The first-order valence-corrected chi connectivity index (χ1v) is 10.5. The molecule has 5 nitrogen and oxygen atoms in total. The Hall–Kier alpha value is -1.85. The van der Waals surface area contributed by atoms with Gasteiger partial charge in [-0.15, -0.1) is 0 Å². The summed E-state index contributed by atoms with van der Waals surface area (Å²) in [6.07, 6.45) is 8.47. The number of hydrogen-bond acceptors (Lipinski definition) is 2. The molecule has 0 bridgehead atoms. The number of nitrogens with one attached hydrogen (secondary N) is 3. The molecule has 1 fully saturated rings. The first kappa shape index (κ1) is 19.9. The molecule has 0 unspecified atom stereocenters. The van der Waals surface area contributed by atoms with Gasteiger partial charge in [0.05, 0.1) is 7.11 Å². The molecule has 0 spiro atoms. The highest BCUT2D eigenvalue weighted by Crippen LogP contribution is 2.19. The van der Waals surface area contributed by atoms with Crippen LogP contribution in [0.3, 0.4) is 0 Å². The van der Waals surface area contributed by atoms with Crippen molar-refractivity contribution in [1.82, 2.24) is 5.32 Å². The van der Waals surface area contributed by atoms with Gasteiger partial charge in [-0.3, -0.25) is 4.79 Å². The minimum atomic E-state index is 0.208. The van der Waals surface area contributed by atoms with Crippen molar-refractivity contribution in [2.45, 2.75) is 38.6 Å². The Morgan fingerprint density at radius 1 is 1.07 bits per heavy atom. The zero-order valence-electron chi connectivity index (χ0n) is 16.7. The summed E-state index contributed by atoms with van der Waals surface area (Å²) in [6.45, 7) is 6.87. The van der Waals surface area contributed by atoms with E-state index in [1.807, 2.05) is 12.1 Å². The van der Waals surface area contributed by atoms with E-state index in [1.54, 1.807) is 12.0 Å². The van der Waals surface area contributed by atoms with E-state index < -0.39 is 0 Å². The van der Waals surface area contributed by atoms with Gasteiger partial charge in [0.15, 0.2) is 6.54 Å². The van der Waals surface area contributed by atoms with E-state index in [0.717, 1.165) is 51.4 Å². The van der Waals surface area contributed by atoms with Gasteiger partial charge in [0.1, 0.15) is 38.5 Å². The molecule has 1 aromatic rings. The second kappa shape index (κ2) is 10.5. The summed E-state index contributed by atoms with van der Waals surface area (Å²) in [5.41, 5.74) is 2.88. The number of allylic oxidation sites excluding steroid dienone is 1. The molecule has 1 aliphatic heterocycles. The van der Waals surface area contributed by atoms with Crippen molar-refractivity contribution >= 4 is 5.91 Å². The number of benzene rings is 1. The lowest BCUT2D eigenvalue weighted by atomic mass is 9.97. The van der Waals surface area contributed by atoms with Crippen molar-refractivity contribution in [3.8, 4) is 5.75 Å². The molecule has 1 aliphatic carbocycles. The van der Waals surface area contributed by atoms with Crippen LogP contribution in [0.15, 0.2) is 35.9 Å². The summed E-state index contributed by atoms with van der Waals surface area (Å²) in [5, 5.41) is 3.12. The van der Waals surface area contributed by atoms with Crippen LogP contribution in [0, 0.1) is 0 Å². The Balaban J connectivity index is 1.31. The number of quaternary nitrogens is 2. The molecule has 3 rings (SSSR count). The minimum absolute atomic E-state index is 0.208. The van der Waals surface area contributed by atoms with Crippen molar-refractivity contribution in [3.63, 3.8) is 0 Å². The number of amides is 1. The average Bonchev–Trinajstić information content (AvgIpc) is 2.71. The van der Waals surface area contributed by atoms with Crippen LogP contribution in [0.25, 0.3) is 0 Å². The molecule has 1 aromatic carbocycles. The lowest BCUT2D eigenvalue weighted by molar-refractivity contribution is -1.02. The van der Waals surface area contributed by atoms with Gasteiger partial charge < -0.3 is 19.9 Å². The van der Waals surface area contributed by atoms with Crippen molar-refractivity contribution < 1.29 is 19.3 Å². The van der Waals surface area contributed by atoms with Crippen LogP contribution in [0.4, 0.5) is 0 Å². The Bertz CT molecular complexity index is 619. The van der Waals surface area contributed by atoms with Gasteiger partial charge in [-0.1, -0.05) is 11.6 Å². The van der Waals surface area contributed by atoms with E-state index in [-0.39, 0.29) is 5.91 Å². The van der Waals surface area contributed by atoms with E-state index in [2.05, 4.69) is 23.5 Å². The summed E-state index contributed by atoms with van der Waals surface area (Å²) in [6, 6.07) is 8.37. The van der Waals surface area contributed by atoms with Crippen LogP contribution >= 0.6 is 0 Å². The van der Waals surface area contributed by atoms with Crippen LogP contribution in [0.5, 0.6) is 5.75 Å². The number of methoxy groups -OCH3 is 1. The van der Waals surface area contributed by atoms with E-state index in [1.165, 1.54) is 41.7 Å². The van der Waals surface area contributed by atoms with Gasteiger partial charge >= 0.3 is 0 Å². The number of rotatable bonds is 8. The normalized spacial score (nSPS) is 22.8. The predicted octanol–water partition coefficient (Wildman–Crippen LogP) is -0.0147. The molecule has 27 heavy (non-hydrogen) atoms. The fraction of sp³-hybridized carbons (Fsp3) is 0.591. The monoisotopic (exact) mass is 373 g/mol. The molecule has 1 saturated heterocycles. The summed E-state index contributed by atoms with van der Waals surface area (Å²) in [5.74, 6) is 1.12. The van der Waals surface area contributed by atoms with E-state index >= 15 is 0 Å². The molecule has 0 atom stereocenters. The van der Waals surface area contributed by atoms with Gasteiger partial charge in [-0.25, -0.2) is 0 Å². The highest BCUT2D eigenvalue weighted by atomic mass is 16.5. The molecule has 0 aromatic heterocycles. The first-order chi connectivity index (χ1) is 13.2. The third-order valence-corrected chi connectivity index (χ3v) is 5.84. The standard InChI is InChI=1S/C22H33N3O2/c1-27-21-9-7-20(8-10-21)17-24-13-15-25(16-14-24)18-22(26)23-12-11-19-5-3-2-4-6-19/h5,7-10H,2-4,6,11-18H2,1H3,(H,23,26)/p+2. The maximum atomic E-state index is 12.2. The SMILES string of the molecule is COc1ccc(C[NH+]2CC[NH+](CC(=O)NCCC3=CCCCC3)CC2)cc1. The van der Waals surface area contributed by atoms with Crippen LogP contribution in [0.2, 0.25) is 0 Å². The Morgan fingerprint density at radius 3 is 2.48 bits per heavy atom. The summed E-state index contributed by atoms with van der Waals surface area (Å²) in [7, 11) is 1.70. The van der Waals surface area contributed by atoms with Gasteiger partial charge in [0.2, 0.25) is 0 Å².